The number of rotatable bonds is 1. The summed E-state index contributed by atoms with van der Waals surface area (Å²) in [5.41, 5.74) is 0. The van der Waals surface area contributed by atoms with Crippen LogP contribution in [-0.2, 0) is 0 Å². The van der Waals surface area contributed by atoms with Crippen molar-refractivity contribution in [3.05, 3.63) is 22.4 Å². The Bertz CT molecular complexity index is 213. The Kier molecular flexibility index (Phi) is 2.17. The molecule has 0 aromatic carbocycles. The van der Waals surface area contributed by atoms with Gasteiger partial charge in [0, 0.05) is 4.88 Å². The fraction of sp³-hybridized carbons (Fsp3) is 0.333. The molecule has 0 aliphatic carbocycles. The molecule has 1 aromatic rings. The normalized spacial score (nSPS) is 14.9. The zero-order chi connectivity index (χ0) is 8.48. The van der Waals surface area contributed by atoms with E-state index >= 15 is 0 Å². The van der Waals surface area contributed by atoms with Crippen LogP contribution in [0.2, 0.25) is 0 Å². The summed E-state index contributed by atoms with van der Waals surface area (Å²) in [6.07, 6.45) is -7.60. The van der Waals surface area contributed by atoms with Crippen molar-refractivity contribution in [1.29, 1.82) is 0 Å². The fourth-order valence-corrected chi connectivity index (χ4v) is 1.32. The zero-order valence-electron chi connectivity index (χ0n) is 5.23. The van der Waals surface area contributed by atoms with E-state index in [0.29, 0.717) is 0 Å². The molecule has 0 spiro atoms. The third-order valence-electron chi connectivity index (χ3n) is 1.08. The standard InChI is InChI=1S/C6H4F4S/c7-5(6(8,9)10)4-2-1-3-11-4/h1-3,5H. The van der Waals surface area contributed by atoms with Gasteiger partial charge in [-0.05, 0) is 11.4 Å². The highest BCUT2D eigenvalue weighted by molar-refractivity contribution is 7.10. The largest absolute Gasteiger partial charge is 0.424 e. The van der Waals surface area contributed by atoms with Gasteiger partial charge in [0.15, 0.2) is 0 Å². The van der Waals surface area contributed by atoms with E-state index in [1.807, 2.05) is 0 Å². The first-order valence-electron chi connectivity index (χ1n) is 2.76. The minimum absolute atomic E-state index is 0.294. The monoisotopic (exact) mass is 184 g/mol. The Morgan fingerprint density at radius 3 is 2.36 bits per heavy atom. The molecule has 0 N–H and O–H groups in total. The summed E-state index contributed by atoms with van der Waals surface area (Å²) < 4.78 is 47.3. The van der Waals surface area contributed by atoms with Gasteiger partial charge in [-0.15, -0.1) is 11.3 Å². The maximum absolute atomic E-state index is 12.4. The maximum Gasteiger partial charge on any atom is 0.424 e. The second-order valence-corrected chi connectivity index (χ2v) is 2.90. The molecule has 1 heterocycles. The van der Waals surface area contributed by atoms with Crippen molar-refractivity contribution in [3.63, 3.8) is 0 Å². The Morgan fingerprint density at radius 2 is 2.00 bits per heavy atom. The highest BCUT2D eigenvalue weighted by Gasteiger charge is 2.41. The van der Waals surface area contributed by atoms with Crippen molar-refractivity contribution in [2.24, 2.45) is 0 Å². The van der Waals surface area contributed by atoms with Crippen molar-refractivity contribution in [2.45, 2.75) is 12.3 Å². The van der Waals surface area contributed by atoms with Crippen LogP contribution in [0.5, 0.6) is 0 Å². The summed E-state index contributed by atoms with van der Waals surface area (Å²) in [7, 11) is 0. The topological polar surface area (TPSA) is 0 Å². The van der Waals surface area contributed by atoms with E-state index in [4.69, 9.17) is 0 Å². The van der Waals surface area contributed by atoms with Crippen LogP contribution in [-0.4, -0.2) is 6.18 Å². The molecule has 0 bridgehead atoms. The van der Waals surface area contributed by atoms with E-state index in [1.165, 1.54) is 11.4 Å². The average Bonchev–Trinajstić information content (AvgIpc) is 2.34. The molecule has 1 aromatic heterocycles. The number of hydrogen-bond acceptors (Lipinski definition) is 1. The predicted octanol–water partition coefficient (Wildman–Crippen LogP) is 3.32. The van der Waals surface area contributed by atoms with Gasteiger partial charge in [0.2, 0.25) is 6.17 Å². The van der Waals surface area contributed by atoms with E-state index < -0.39 is 12.3 Å². The van der Waals surface area contributed by atoms with Gasteiger partial charge in [0.25, 0.3) is 0 Å². The number of alkyl halides is 4. The minimum Gasteiger partial charge on any atom is -0.231 e. The lowest BCUT2D eigenvalue weighted by molar-refractivity contribution is -0.181. The molecule has 0 nitrogen and oxygen atoms in total. The quantitative estimate of drug-likeness (QED) is 0.587. The molecular formula is C6H4F4S. The minimum atomic E-state index is -4.77. The molecule has 1 rings (SSSR count). The lowest BCUT2D eigenvalue weighted by Crippen LogP contribution is -2.15. The van der Waals surface area contributed by atoms with Gasteiger partial charge >= 0.3 is 6.18 Å². The lowest BCUT2D eigenvalue weighted by Gasteiger charge is -2.09. The summed E-state index contributed by atoms with van der Waals surface area (Å²) in [4.78, 5) is -0.294. The molecule has 11 heavy (non-hydrogen) atoms. The Morgan fingerprint density at radius 1 is 1.36 bits per heavy atom. The first-order chi connectivity index (χ1) is 5.02. The molecule has 1 unspecified atom stereocenters. The van der Waals surface area contributed by atoms with Crippen molar-refractivity contribution >= 4 is 11.3 Å². The van der Waals surface area contributed by atoms with Crippen LogP contribution >= 0.6 is 11.3 Å². The van der Waals surface area contributed by atoms with Crippen LogP contribution in [0.3, 0.4) is 0 Å². The van der Waals surface area contributed by atoms with Crippen LogP contribution < -0.4 is 0 Å². The van der Waals surface area contributed by atoms with E-state index in [1.54, 1.807) is 0 Å². The van der Waals surface area contributed by atoms with E-state index in [0.717, 1.165) is 17.4 Å². The van der Waals surface area contributed by atoms with Crippen LogP contribution in [0.4, 0.5) is 17.6 Å². The summed E-state index contributed by atoms with van der Waals surface area (Å²) in [5.74, 6) is 0. The Hall–Kier alpha value is -0.580. The van der Waals surface area contributed by atoms with E-state index in [-0.39, 0.29) is 4.88 Å². The maximum atomic E-state index is 12.4. The van der Waals surface area contributed by atoms with Crippen molar-refractivity contribution < 1.29 is 17.6 Å². The highest BCUT2D eigenvalue weighted by Crippen LogP contribution is 2.37. The number of hydrogen-bond donors (Lipinski definition) is 0. The molecule has 62 valence electrons. The highest BCUT2D eigenvalue weighted by atomic mass is 32.1. The van der Waals surface area contributed by atoms with Gasteiger partial charge in [-0.1, -0.05) is 6.07 Å². The number of thiophene rings is 1. The molecule has 0 amide bonds. The molecule has 0 radical (unpaired) electrons. The zero-order valence-corrected chi connectivity index (χ0v) is 6.05. The van der Waals surface area contributed by atoms with E-state index in [9.17, 15) is 17.6 Å². The first-order valence-corrected chi connectivity index (χ1v) is 3.64. The van der Waals surface area contributed by atoms with Crippen LogP contribution in [0.1, 0.15) is 11.0 Å². The summed E-state index contributed by atoms with van der Waals surface area (Å²) >= 11 is 0.763. The Balaban J connectivity index is 2.78. The van der Waals surface area contributed by atoms with Crippen molar-refractivity contribution in [2.75, 3.05) is 0 Å². The third kappa shape index (κ3) is 1.92. The SMILES string of the molecule is FC(c1cccs1)C(F)(F)F. The molecule has 5 heteroatoms. The van der Waals surface area contributed by atoms with Gasteiger partial charge in [0.1, 0.15) is 0 Å². The van der Waals surface area contributed by atoms with Gasteiger partial charge in [-0.3, -0.25) is 0 Å². The molecule has 1 atom stereocenters. The molecule has 0 aliphatic heterocycles. The summed E-state index contributed by atoms with van der Waals surface area (Å²) in [5, 5.41) is 1.41. The fourth-order valence-electron chi connectivity index (χ4n) is 0.597. The van der Waals surface area contributed by atoms with Crippen LogP contribution in [0.25, 0.3) is 0 Å². The second kappa shape index (κ2) is 2.81. The van der Waals surface area contributed by atoms with Crippen molar-refractivity contribution in [1.82, 2.24) is 0 Å². The molecular weight excluding hydrogens is 180 g/mol. The van der Waals surface area contributed by atoms with Gasteiger partial charge in [-0.25, -0.2) is 4.39 Å². The smallest absolute Gasteiger partial charge is 0.231 e. The average molecular weight is 184 g/mol. The lowest BCUT2D eigenvalue weighted by atomic mass is 10.3. The van der Waals surface area contributed by atoms with Gasteiger partial charge < -0.3 is 0 Å². The van der Waals surface area contributed by atoms with Gasteiger partial charge in [-0.2, -0.15) is 13.2 Å². The second-order valence-electron chi connectivity index (χ2n) is 1.92. The predicted molar refractivity (Wildman–Crippen MR) is 34.2 cm³/mol. The summed E-state index contributed by atoms with van der Waals surface area (Å²) in [6.45, 7) is 0. The van der Waals surface area contributed by atoms with Crippen molar-refractivity contribution in [3.8, 4) is 0 Å². The third-order valence-corrected chi connectivity index (χ3v) is 1.99. The number of halogens is 4. The Labute approximate surface area is 64.5 Å². The van der Waals surface area contributed by atoms with Crippen LogP contribution in [0, 0.1) is 0 Å². The van der Waals surface area contributed by atoms with Gasteiger partial charge in [0.05, 0.1) is 0 Å². The summed E-state index contributed by atoms with van der Waals surface area (Å²) in [6, 6.07) is 2.52. The molecule has 0 fully saturated rings. The molecule has 0 aliphatic rings. The molecule has 0 saturated carbocycles. The first kappa shape index (κ1) is 8.52. The molecule has 0 saturated heterocycles. The van der Waals surface area contributed by atoms with Crippen LogP contribution in [0.15, 0.2) is 17.5 Å². The van der Waals surface area contributed by atoms with E-state index in [2.05, 4.69) is 0 Å².